The number of unbranched alkanes of at least 4 members (excludes halogenated alkanes) is 1. The SMILES string of the molecule is CCCCN(C)Cc1cn[nH]c1C1CCC(C)(C)[C@H](OCC2CCOCC2)C1. The van der Waals surface area contributed by atoms with Gasteiger partial charge < -0.3 is 14.4 Å². The van der Waals surface area contributed by atoms with Crippen molar-refractivity contribution in [2.24, 2.45) is 11.3 Å². The maximum Gasteiger partial charge on any atom is 0.0632 e. The second kappa shape index (κ2) is 10.2. The highest BCUT2D eigenvalue weighted by molar-refractivity contribution is 5.22. The first-order valence-electron chi connectivity index (χ1n) is 11.4. The third-order valence-corrected chi connectivity index (χ3v) is 6.87. The van der Waals surface area contributed by atoms with Gasteiger partial charge in [-0.25, -0.2) is 0 Å². The molecule has 1 aromatic heterocycles. The van der Waals surface area contributed by atoms with E-state index in [1.807, 2.05) is 6.20 Å². The average molecular weight is 392 g/mol. The van der Waals surface area contributed by atoms with Gasteiger partial charge in [-0.3, -0.25) is 5.10 Å². The second-order valence-corrected chi connectivity index (χ2v) is 9.74. The number of nitrogens with zero attached hydrogens (tertiary/aromatic N) is 2. The van der Waals surface area contributed by atoms with Gasteiger partial charge in [0.1, 0.15) is 0 Å². The van der Waals surface area contributed by atoms with Gasteiger partial charge >= 0.3 is 0 Å². The fourth-order valence-corrected chi connectivity index (χ4v) is 4.72. The summed E-state index contributed by atoms with van der Waals surface area (Å²) >= 11 is 0. The molecule has 3 rings (SSSR count). The lowest BCUT2D eigenvalue weighted by molar-refractivity contribution is -0.0797. The highest BCUT2D eigenvalue weighted by atomic mass is 16.5. The van der Waals surface area contributed by atoms with Gasteiger partial charge in [0.25, 0.3) is 0 Å². The Bertz CT molecular complexity index is 580. The average Bonchev–Trinajstić information content (AvgIpc) is 3.14. The van der Waals surface area contributed by atoms with E-state index in [-0.39, 0.29) is 5.41 Å². The van der Waals surface area contributed by atoms with E-state index in [4.69, 9.17) is 9.47 Å². The molecular formula is C23H41N3O2. The number of nitrogens with one attached hydrogen (secondary N) is 1. The summed E-state index contributed by atoms with van der Waals surface area (Å²) in [5.41, 5.74) is 2.96. The maximum absolute atomic E-state index is 6.54. The van der Waals surface area contributed by atoms with E-state index in [0.29, 0.717) is 17.9 Å². The molecule has 2 aliphatic rings. The monoisotopic (exact) mass is 391 g/mol. The van der Waals surface area contributed by atoms with Gasteiger partial charge in [0.2, 0.25) is 0 Å². The Labute approximate surface area is 171 Å². The lowest BCUT2D eigenvalue weighted by Gasteiger charge is -2.42. The van der Waals surface area contributed by atoms with Gasteiger partial charge in [-0.15, -0.1) is 0 Å². The second-order valence-electron chi connectivity index (χ2n) is 9.74. The summed E-state index contributed by atoms with van der Waals surface area (Å²) in [5.74, 6) is 1.20. The minimum Gasteiger partial charge on any atom is -0.381 e. The van der Waals surface area contributed by atoms with Crippen LogP contribution in [0.2, 0.25) is 0 Å². The molecule has 1 unspecified atom stereocenters. The van der Waals surface area contributed by atoms with Crippen molar-refractivity contribution in [1.29, 1.82) is 0 Å². The molecule has 0 amide bonds. The van der Waals surface area contributed by atoms with Crippen LogP contribution in [0.4, 0.5) is 0 Å². The Morgan fingerprint density at radius 2 is 2.07 bits per heavy atom. The number of aromatic nitrogens is 2. The molecule has 1 aromatic rings. The normalized spacial score (nSPS) is 26.0. The minimum absolute atomic E-state index is 0.250. The van der Waals surface area contributed by atoms with Crippen molar-refractivity contribution in [2.75, 3.05) is 33.4 Å². The Hall–Kier alpha value is -0.910. The summed E-state index contributed by atoms with van der Waals surface area (Å²) < 4.78 is 12.0. The van der Waals surface area contributed by atoms with Crippen LogP contribution in [-0.4, -0.2) is 54.6 Å². The van der Waals surface area contributed by atoms with Crippen molar-refractivity contribution < 1.29 is 9.47 Å². The van der Waals surface area contributed by atoms with Crippen LogP contribution in [0.3, 0.4) is 0 Å². The molecule has 2 fully saturated rings. The fourth-order valence-electron chi connectivity index (χ4n) is 4.72. The number of hydrogen-bond acceptors (Lipinski definition) is 4. The van der Waals surface area contributed by atoms with Crippen molar-refractivity contribution in [3.63, 3.8) is 0 Å². The van der Waals surface area contributed by atoms with Crippen LogP contribution in [0.15, 0.2) is 6.20 Å². The zero-order valence-electron chi connectivity index (χ0n) is 18.5. The van der Waals surface area contributed by atoms with E-state index in [9.17, 15) is 0 Å². The van der Waals surface area contributed by atoms with Crippen molar-refractivity contribution in [3.8, 4) is 0 Å². The third kappa shape index (κ3) is 5.80. The van der Waals surface area contributed by atoms with Crippen LogP contribution in [0.25, 0.3) is 0 Å². The predicted octanol–water partition coefficient (Wildman–Crippen LogP) is 4.75. The lowest BCUT2D eigenvalue weighted by Crippen LogP contribution is -2.39. The zero-order valence-corrected chi connectivity index (χ0v) is 18.5. The number of rotatable bonds is 9. The number of hydrogen-bond donors (Lipinski definition) is 1. The van der Waals surface area contributed by atoms with Gasteiger partial charge in [-0.1, -0.05) is 27.2 Å². The smallest absolute Gasteiger partial charge is 0.0632 e. The summed E-state index contributed by atoms with van der Waals surface area (Å²) in [6, 6.07) is 0. The van der Waals surface area contributed by atoms with Gasteiger partial charge in [0.05, 0.1) is 12.3 Å². The van der Waals surface area contributed by atoms with Crippen LogP contribution in [0, 0.1) is 11.3 Å². The number of ether oxygens (including phenoxy) is 2. The van der Waals surface area contributed by atoms with Gasteiger partial charge in [0.15, 0.2) is 0 Å². The highest BCUT2D eigenvalue weighted by Crippen LogP contribution is 2.44. The van der Waals surface area contributed by atoms with Crippen molar-refractivity contribution in [1.82, 2.24) is 15.1 Å². The first-order valence-corrected chi connectivity index (χ1v) is 11.4. The van der Waals surface area contributed by atoms with Crippen molar-refractivity contribution in [3.05, 3.63) is 17.5 Å². The lowest BCUT2D eigenvalue weighted by atomic mass is 9.69. The molecule has 1 N–H and O–H groups in total. The molecule has 2 heterocycles. The summed E-state index contributed by atoms with van der Waals surface area (Å²) in [4.78, 5) is 2.42. The molecule has 5 nitrogen and oxygen atoms in total. The highest BCUT2D eigenvalue weighted by Gasteiger charge is 2.39. The molecule has 0 bridgehead atoms. The van der Waals surface area contributed by atoms with Crippen molar-refractivity contribution >= 4 is 0 Å². The van der Waals surface area contributed by atoms with Crippen LogP contribution < -0.4 is 0 Å². The van der Waals surface area contributed by atoms with Gasteiger partial charge in [0, 0.05) is 43.5 Å². The summed E-state index contributed by atoms with van der Waals surface area (Å²) in [7, 11) is 2.22. The van der Waals surface area contributed by atoms with Crippen LogP contribution in [-0.2, 0) is 16.0 Å². The molecule has 160 valence electrons. The Morgan fingerprint density at radius 1 is 1.29 bits per heavy atom. The maximum atomic E-state index is 6.54. The quantitative estimate of drug-likeness (QED) is 0.660. The molecular weight excluding hydrogens is 350 g/mol. The molecule has 1 aliphatic heterocycles. The van der Waals surface area contributed by atoms with E-state index < -0.39 is 0 Å². The van der Waals surface area contributed by atoms with Crippen LogP contribution >= 0.6 is 0 Å². The predicted molar refractivity (Wildman–Crippen MR) is 113 cm³/mol. The molecule has 28 heavy (non-hydrogen) atoms. The van der Waals surface area contributed by atoms with Gasteiger partial charge in [-0.05, 0) is 63.5 Å². The first kappa shape index (κ1) is 21.8. The molecule has 1 aliphatic carbocycles. The topological polar surface area (TPSA) is 50.4 Å². The molecule has 0 radical (unpaired) electrons. The Balaban J connectivity index is 1.59. The Morgan fingerprint density at radius 3 is 2.82 bits per heavy atom. The fraction of sp³-hybridized carbons (Fsp3) is 0.870. The number of aromatic amines is 1. The molecule has 1 saturated heterocycles. The zero-order chi connectivity index (χ0) is 20.0. The molecule has 0 spiro atoms. The molecule has 1 saturated carbocycles. The Kier molecular flexibility index (Phi) is 7.95. The van der Waals surface area contributed by atoms with Gasteiger partial charge in [-0.2, -0.15) is 5.10 Å². The molecule has 0 aromatic carbocycles. The third-order valence-electron chi connectivity index (χ3n) is 6.87. The minimum atomic E-state index is 0.250. The largest absolute Gasteiger partial charge is 0.381 e. The standard InChI is InChI=1S/C23H41N3O2/c1-5-6-11-26(4)16-20-15-24-25-22(20)19-7-10-23(2,3)21(14-19)28-17-18-8-12-27-13-9-18/h15,18-19,21H,5-14,16-17H2,1-4H3,(H,24,25)/t19?,21-/m1/s1. The first-order chi connectivity index (χ1) is 13.5. The number of H-pyrrole nitrogens is 1. The molecule has 2 atom stereocenters. The summed E-state index contributed by atoms with van der Waals surface area (Å²) in [6.07, 6.45) is 10.7. The summed E-state index contributed by atoms with van der Waals surface area (Å²) in [6.45, 7) is 11.8. The van der Waals surface area contributed by atoms with E-state index >= 15 is 0 Å². The van der Waals surface area contributed by atoms with E-state index in [0.717, 1.165) is 52.2 Å². The van der Waals surface area contributed by atoms with Crippen LogP contribution in [0.5, 0.6) is 0 Å². The van der Waals surface area contributed by atoms with E-state index in [2.05, 4.69) is 42.9 Å². The summed E-state index contributed by atoms with van der Waals surface area (Å²) in [5, 5.41) is 7.75. The van der Waals surface area contributed by atoms with Crippen LogP contribution in [0.1, 0.15) is 82.9 Å². The molecule has 5 heteroatoms. The van der Waals surface area contributed by atoms with Crippen molar-refractivity contribution in [2.45, 2.75) is 84.3 Å². The van der Waals surface area contributed by atoms with E-state index in [1.165, 1.54) is 36.9 Å². The van der Waals surface area contributed by atoms with E-state index in [1.54, 1.807) is 0 Å².